The second-order valence-electron chi connectivity index (χ2n) is 5.36. The topological polar surface area (TPSA) is 73.9 Å². The van der Waals surface area contributed by atoms with Crippen molar-refractivity contribution in [3.8, 4) is 17.2 Å². The average molecular weight is 349 g/mol. The van der Waals surface area contributed by atoms with Crippen LogP contribution in [0.5, 0.6) is 17.2 Å². The molecule has 6 nitrogen and oxygen atoms in total. The van der Waals surface area contributed by atoms with Gasteiger partial charge in [-0.2, -0.15) is 0 Å². The van der Waals surface area contributed by atoms with Crippen LogP contribution in [-0.4, -0.2) is 28.9 Å². The van der Waals surface area contributed by atoms with Gasteiger partial charge in [-0.1, -0.05) is 6.07 Å². The first-order valence-electron chi connectivity index (χ1n) is 7.61. The molecule has 1 heterocycles. The van der Waals surface area contributed by atoms with Crippen LogP contribution in [0.2, 0.25) is 0 Å². The zero-order chi connectivity index (χ0) is 17.0. The Morgan fingerprint density at radius 1 is 1.08 bits per heavy atom. The number of sulfonamides is 1. The van der Waals surface area contributed by atoms with Gasteiger partial charge >= 0.3 is 0 Å². The third kappa shape index (κ3) is 3.80. The predicted octanol–water partition coefficient (Wildman–Crippen LogP) is 2.33. The van der Waals surface area contributed by atoms with Crippen LogP contribution in [0.3, 0.4) is 0 Å². The fraction of sp³-hybridized carbons (Fsp3) is 0.294. The van der Waals surface area contributed by atoms with E-state index in [0.717, 1.165) is 23.5 Å². The molecule has 0 aromatic heterocycles. The zero-order valence-corrected chi connectivity index (χ0v) is 14.1. The van der Waals surface area contributed by atoms with E-state index < -0.39 is 10.0 Å². The van der Waals surface area contributed by atoms with Crippen molar-refractivity contribution >= 4 is 10.0 Å². The van der Waals surface area contributed by atoms with Gasteiger partial charge in [-0.05, 0) is 54.8 Å². The van der Waals surface area contributed by atoms with Crippen molar-refractivity contribution < 1.29 is 22.6 Å². The van der Waals surface area contributed by atoms with Gasteiger partial charge in [0.15, 0.2) is 11.5 Å². The first kappa shape index (κ1) is 16.6. The quantitative estimate of drug-likeness (QED) is 0.777. The third-order valence-corrected chi connectivity index (χ3v) is 5.22. The fourth-order valence-electron chi connectivity index (χ4n) is 2.43. The summed E-state index contributed by atoms with van der Waals surface area (Å²) >= 11 is 0. The Bertz CT molecular complexity index is 802. The second kappa shape index (κ2) is 7.11. The van der Waals surface area contributed by atoms with Crippen molar-refractivity contribution in [2.75, 3.05) is 20.4 Å². The van der Waals surface area contributed by atoms with Gasteiger partial charge in [0.05, 0.1) is 12.0 Å². The van der Waals surface area contributed by atoms with Crippen LogP contribution in [0.25, 0.3) is 0 Å². The second-order valence-corrected chi connectivity index (χ2v) is 7.13. The molecule has 0 fully saturated rings. The number of methoxy groups -OCH3 is 1. The van der Waals surface area contributed by atoms with Crippen molar-refractivity contribution in [2.45, 2.75) is 17.7 Å². The van der Waals surface area contributed by atoms with Gasteiger partial charge in [0.1, 0.15) is 5.75 Å². The highest BCUT2D eigenvalue weighted by Crippen LogP contribution is 2.32. The summed E-state index contributed by atoms with van der Waals surface area (Å²) in [4.78, 5) is 0.228. The summed E-state index contributed by atoms with van der Waals surface area (Å²) in [5.41, 5.74) is 1.09. The Labute approximate surface area is 141 Å². The van der Waals surface area contributed by atoms with E-state index >= 15 is 0 Å². The third-order valence-electron chi connectivity index (χ3n) is 3.74. The summed E-state index contributed by atoms with van der Waals surface area (Å²) < 4.78 is 42.7. The Kier molecular flexibility index (Phi) is 4.92. The van der Waals surface area contributed by atoms with Crippen LogP contribution in [0.4, 0.5) is 0 Å². The molecular weight excluding hydrogens is 330 g/mol. The number of hydrogen-bond donors (Lipinski definition) is 1. The Hall–Kier alpha value is -2.25. The summed E-state index contributed by atoms with van der Waals surface area (Å²) in [6, 6.07) is 12.1. The van der Waals surface area contributed by atoms with Crippen LogP contribution in [0.15, 0.2) is 47.4 Å². The molecule has 0 saturated heterocycles. The number of ether oxygens (including phenoxy) is 3. The van der Waals surface area contributed by atoms with E-state index in [-0.39, 0.29) is 11.7 Å². The molecule has 128 valence electrons. The molecular formula is C17H19NO5S. The maximum Gasteiger partial charge on any atom is 0.240 e. The molecule has 2 aromatic carbocycles. The Morgan fingerprint density at radius 3 is 2.58 bits per heavy atom. The van der Waals surface area contributed by atoms with Crippen molar-refractivity contribution in [3.05, 3.63) is 48.0 Å². The van der Waals surface area contributed by atoms with Gasteiger partial charge in [0.25, 0.3) is 0 Å². The minimum atomic E-state index is -3.50. The maximum atomic E-state index is 12.2. The Balaban J connectivity index is 1.51. The van der Waals surface area contributed by atoms with Crippen molar-refractivity contribution in [1.82, 2.24) is 4.72 Å². The molecule has 0 bridgehead atoms. The molecule has 0 saturated carbocycles. The van der Waals surface area contributed by atoms with Gasteiger partial charge in [0, 0.05) is 6.54 Å². The molecule has 1 aliphatic heterocycles. The number of rotatable bonds is 7. The van der Waals surface area contributed by atoms with Crippen molar-refractivity contribution in [2.24, 2.45) is 0 Å². The van der Waals surface area contributed by atoms with Crippen molar-refractivity contribution in [3.63, 3.8) is 0 Å². The van der Waals surface area contributed by atoms with Crippen LogP contribution in [0.1, 0.15) is 12.0 Å². The summed E-state index contributed by atoms with van der Waals surface area (Å²) in [6.45, 7) is 0.614. The van der Waals surface area contributed by atoms with Crippen LogP contribution < -0.4 is 18.9 Å². The van der Waals surface area contributed by atoms with E-state index in [1.807, 2.05) is 18.2 Å². The highest BCUT2D eigenvalue weighted by Gasteiger charge is 2.14. The molecule has 0 aliphatic carbocycles. The highest BCUT2D eigenvalue weighted by molar-refractivity contribution is 7.89. The molecule has 1 N–H and O–H groups in total. The van der Waals surface area contributed by atoms with Gasteiger partial charge in [-0.3, -0.25) is 0 Å². The monoisotopic (exact) mass is 349 g/mol. The molecule has 0 amide bonds. The molecule has 2 aromatic rings. The smallest absolute Gasteiger partial charge is 0.240 e. The number of hydrogen-bond acceptors (Lipinski definition) is 5. The number of nitrogens with one attached hydrogen (secondary N) is 1. The standard InChI is InChI=1S/C17H19NO5S/c1-21-14-5-7-15(8-6-14)24(19,20)18-10-2-3-13-4-9-16-17(11-13)23-12-22-16/h4-9,11,18H,2-3,10,12H2,1H3. The molecule has 24 heavy (non-hydrogen) atoms. The lowest BCUT2D eigenvalue weighted by atomic mass is 10.1. The summed E-state index contributed by atoms with van der Waals surface area (Å²) in [5.74, 6) is 2.11. The number of aryl methyl sites for hydroxylation is 1. The summed E-state index contributed by atoms with van der Waals surface area (Å²) in [7, 11) is -1.96. The zero-order valence-electron chi connectivity index (χ0n) is 13.3. The number of fused-ring (bicyclic) bond motifs is 1. The van der Waals surface area contributed by atoms with Gasteiger partial charge in [-0.25, -0.2) is 13.1 Å². The molecule has 0 atom stereocenters. The summed E-state index contributed by atoms with van der Waals surface area (Å²) in [5, 5.41) is 0. The highest BCUT2D eigenvalue weighted by atomic mass is 32.2. The van der Waals surface area contributed by atoms with E-state index in [9.17, 15) is 8.42 Å². The largest absolute Gasteiger partial charge is 0.497 e. The first-order chi connectivity index (χ1) is 11.6. The van der Waals surface area contributed by atoms with E-state index in [0.29, 0.717) is 18.7 Å². The molecule has 0 spiro atoms. The lowest BCUT2D eigenvalue weighted by Crippen LogP contribution is -2.25. The first-order valence-corrected chi connectivity index (χ1v) is 9.09. The minimum absolute atomic E-state index is 0.228. The average Bonchev–Trinajstić information content (AvgIpc) is 3.06. The molecule has 0 unspecified atom stereocenters. The minimum Gasteiger partial charge on any atom is -0.497 e. The van der Waals surface area contributed by atoms with Gasteiger partial charge in [-0.15, -0.1) is 0 Å². The number of benzene rings is 2. The maximum absolute atomic E-state index is 12.2. The molecule has 1 aliphatic rings. The lowest BCUT2D eigenvalue weighted by molar-refractivity contribution is 0.174. The van der Waals surface area contributed by atoms with E-state index in [4.69, 9.17) is 14.2 Å². The van der Waals surface area contributed by atoms with Gasteiger partial charge in [0.2, 0.25) is 16.8 Å². The molecule has 7 heteroatoms. The van der Waals surface area contributed by atoms with Crippen molar-refractivity contribution in [1.29, 1.82) is 0 Å². The van der Waals surface area contributed by atoms with Crippen LogP contribution in [-0.2, 0) is 16.4 Å². The molecule has 3 rings (SSSR count). The fourth-order valence-corrected chi connectivity index (χ4v) is 3.51. The van der Waals surface area contributed by atoms with Crippen LogP contribution >= 0.6 is 0 Å². The predicted molar refractivity (Wildman–Crippen MR) is 89.1 cm³/mol. The Morgan fingerprint density at radius 2 is 1.83 bits per heavy atom. The van der Waals surface area contributed by atoms with E-state index in [1.165, 1.54) is 19.2 Å². The lowest BCUT2D eigenvalue weighted by Gasteiger charge is -2.08. The normalized spacial score (nSPS) is 13.0. The molecule has 0 radical (unpaired) electrons. The van der Waals surface area contributed by atoms with Crippen LogP contribution in [0, 0.1) is 0 Å². The van der Waals surface area contributed by atoms with E-state index in [1.54, 1.807) is 12.1 Å². The SMILES string of the molecule is COc1ccc(S(=O)(=O)NCCCc2ccc3c(c2)OCO3)cc1. The summed E-state index contributed by atoms with van der Waals surface area (Å²) in [6.07, 6.45) is 1.44. The van der Waals surface area contributed by atoms with E-state index in [2.05, 4.69) is 4.72 Å². The van der Waals surface area contributed by atoms with Gasteiger partial charge < -0.3 is 14.2 Å².